The van der Waals surface area contributed by atoms with Crippen molar-refractivity contribution in [1.82, 2.24) is 20.0 Å². The third kappa shape index (κ3) is 6.88. The summed E-state index contributed by atoms with van der Waals surface area (Å²) in [4.78, 5) is 42.3. The van der Waals surface area contributed by atoms with Gasteiger partial charge in [-0.2, -0.15) is 0 Å². The fourth-order valence-corrected chi connectivity index (χ4v) is 3.85. The average Bonchev–Trinajstić information content (AvgIpc) is 3.00. The van der Waals surface area contributed by atoms with Crippen LogP contribution in [0.15, 0.2) is 24.3 Å². The SMILES string of the molecule is O=C(CN1CCN(C(=O)Nc2ccc(Cl)cc2)CC1=O)NCCN1CCCCCC1. The molecule has 0 radical (unpaired) electrons. The molecule has 8 nitrogen and oxygen atoms in total. The highest BCUT2D eigenvalue weighted by Gasteiger charge is 2.28. The zero-order chi connectivity index (χ0) is 21.3. The van der Waals surface area contributed by atoms with Crippen LogP contribution in [0, 0.1) is 0 Å². The summed E-state index contributed by atoms with van der Waals surface area (Å²) in [6.45, 7) is 4.34. The molecule has 0 bridgehead atoms. The van der Waals surface area contributed by atoms with Crippen molar-refractivity contribution in [1.29, 1.82) is 0 Å². The van der Waals surface area contributed by atoms with Crippen LogP contribution in [0.2, 0.25) is 5.02 Å². The Kier molecular flexibility index (Phi) is 8.33. The molecule has 2 aliphatic heterocycles. The van der Waals surface area contributed by atoms with E-state index in [9.17, 15) is 14.4 Å². The van der Waals surface area contributed by atoms with Gasteiger partial charge in [-0.15, -0.1) is 0 Å². The van der Waals surface area contributed by atoms with Gasteiger partial charge in [-0.3, -0.25) is 9.59 Å². The minimum atomic E-state index is -0.341. The molecule has 2 aliphatic rings. The number of nitrogens with one attached hydrogen (secondary N) is 2. The van der Waals surface area contributed by atoms with Crippen LogP contribution in [0.4, 0.5) is 10.5 Å². The van der Waals surface area contributed by atoms with E-state index < -0.39 is 0 Å². The Labute approximate surface area is 182 Å². The summed E-state index contributed by atoms with van der Waals surface area (Å²) in [5.41, 5.74) is 0.614. The summed E-state index contributed by atoms with van der Waals surface area (Å²) in [6, 6.07) is 6.44. The van der Waals surface area contributed by atoms with Gasteiger partial charge in [-0.1, -0.05) is 24.4 Å². The molecule has 3 rings (SSSR count). The summed E-state index contributed by atoms with van der Waals surface area (Å²) in [5, 5.41) is 6.25. The topological polar surface area (TPSA) is 85.0 Å². The van der Waals surface area contributed by atoms with Gasteiger partial charge in [-0.25, -0.2) is 4.79 Å². The number of piperazine rings is 1. The molecule has 30 heavy (non-hydrogen) atoms. The molecule has 0 saturated carbocycles. The molecule has 0 spiro atoms. The van der Waals surface area contributed by atoms with Crippen molar-refractivity contribution < 1.29 is 14.4 Å². The van der Waals surface area contributed by atoms with Gasteiger partial charge in [0.2, 0.25) is 11.8 Å². The van der Waals surface area contributed by atoms with E-state index in [2.05, 4.69) is 15.5 Å². The number of urea groups is 1. The second-order valence-corrected chi connectivity index (χ2v) is 8.22. The maximum absolute atomic E-state index is 12.4. The Balaban J connectivity index is 1.37. The Morgan fingerprint density at radius 2 is 1.67 bits per heavy atom. The first-order valence-corrected chi connectivity index (χ1v) is 11.0. The van der Waals surface area contributed by atoms with Crippen LogP contribution in [-0.4, -0.2) is 84.9 Å². The molecule has 9 heteroatoms. The van der Waals surface area contributed by atoms with Gasteiger partial charge in [0, 0.05) is 36.9 Å². The molecule has 2 N–H and O–H groups in total. The average molecular weight is 436 g/mol. The van der Waals surface area contributed by atoms with E-state index in [1.54, 1.807) is 24.3 Å². The molecular weight excluding hydrogens is 406 g/mol. The molecule has 4 amide bonds. The van der Waals surface area contributed by atoms with E-state index in [1.165, 1.54) is 35.5 Å². The first-order chi connectivity index (χ1) is 14.5. The van der Waals surface area contributed by atoms with Crippen molar-refractivity contribution in [3.05, 3.63) is 29.3 Å². The van der Waals surface area contributed by atoms with Crippen molar-refractivity contribution >= 4 is 35.1 Å². The molecule has 164 valence electrons. The van der Waals surface area contributed by atoms with Crippen molar-refractivity contribution in [3.63, 3.8) is 0 Å². The molecule has 0 aromatic heterocycles. The van der Waals surface area contributed by atoms with Crippen LogP contribution in [-0.2, 0) is 9.59 Å². The number of hydrogen-bond acceptors (Lipinski definition) is 4. The number of halogens is 1. The number of carbonyl (C=O) groups is 3. The lowest BCUT2D eigenvalue weighted by molar-refractivity contribution is -0.139. The highest BCUT2D eigenvalue weighted by atomic mass is 35.5. The first kappa shape index (κ1) is 22.4. The van der Waals surface area contributed by atoms with Crippen LogP contribution in [0.25, 0.3) is 0 Å². The maximum Gasteiger partial charge on any atom is 0.322 e. The number of nitrogens with zero attached hydrogens (tertiary/aromatic N) is 3. The minimum Gasteiger partial charge on any atom is -0.353 e. The standard InChI is InChI=1S/C21H30ClN5O3/c22-17-5-7-18(8-6-17)24-21(30)27-14-13-26(20(29)16-27)15-19(28)23-9-12-25-10-3-1-2-4-11-25/h5-8H,1-4,9-16H2,(H,23,28)(H,24,30). The van der Waals surface area contributed by atoms with Gasteiger partial charge in [0.1, 0.15) is 6.54 Å². The highest BCUT2D eigenvalue weighted by Crippen LogP contribution is 2.14. The van der Waals surface area contributed by atoms with Gasteiger partial charge in [0.05, 0.1) is 6.54 Å². The van der Waals surface area contributed by atoms with E-state index in [1.807, 2.05) is 0 Å². The molecule has 0 aliphatic carbocycles. The Bertz CT molecular complexity index is 735. The van der Waals surface area contributed by atoms with Crippen molar-refractivity contribution in [2.45, 2.75) is 25.7 Å². The van der Waals surface area contributed by atoms with E-state index >= 15 is 0 Å². The van der Waals surface area contributed by atoms with E-state index in [4.69, 9.17) is 11.6 Å². The van der Waals surface area contributed by atoms with Gasteiger partial charge in [0.25, 0.3) is 0 Å². The number of hydrogen-bond donors (Lipinski definition) is 2. The zero-order valence-corrected chi connectivity index (χ0v) is 18.0. The number of likely N-dealkylation sites (tertiary alicyclic amines) is 1. The Morgan fingerprint density at radius 1 is 0.967 bits per heavy atom. The largest absolute Gasteiger partial charge is 0.353 e. The highest BCUT2D eigenvalue weighted by molar-refractivity contribution is 6.30. The second kappa shape index (κ2) is 11.2. The lowest BCUT2D eigenvalue weighted by Crippen LogP contribution is -2.55. The van der Waals surface area contributed by atoms with Crippen LogP contribution in [0.3, 0.4) is 0 Å². The number of rotatable bonds is 6. The molecule has 1 aromatic carbocycles. The summed E-state index contributed by atoms with van der Waals surface area (Å²) >= 11 is 5.84. The molecule has 1 aromatic rings. The fraction of sp³-hybridized carbons (Fsp3) is 0.571. The van der Waals surface area contributed by atoms with Gasteiger partial charge < -0.3 is 25.3 Å². The minimum absolute atomic E-state index is 0.0332. The summed E-state index contributed by atoms with van der Waals surface area (Å²) < 4.78 is 0. The third-order valence-electron chi connectivity index (χ3n) is 5.48. The molecule has 2 heterocycles. The smallest absolute Gasteiger partial charge is 0.322 e. The number of carbonyl (C=O) groups excluding carboxylic acids is 3. The van der Waals surface area contributed by atoms with E-state index in [-0.39, 0.29) is 30.9 Å². The Hall–Kier alpha value is -2.32. The van der Waals surface area contributed by atoms with Crippen LogP contribution < -0.4 is 10.6 Å². The van der Waals surface area contributed by atoms with Crippen LogP contribution >= 0.6 is 11.6 Å². The fourth-order valence-electron chi connectivity index (χ4n) is 3.73. The molecular formula is C21H30ClN5O3. The van der Waals surface area contributed by atoms with Crippen LogP contribution in [0.1, 0.15) is 25.7 Å². The van der Waals surface area contributed by atoms with Gasteiger partial charge in [-0.05, 0) is 50.2 Å². The molecule has 2 saturated heterocycles. The lowest BCUT2D eigenvalue weighted by Gasteiger charge is -2.34. The zero-order valence-electron chi connectivity index (χ0n) is 17.2. The quantitative estimate of drug-likeness (QED) is 0.715. The predicted octanol–water partition coefficient (Wildman–Crippen LogP) is 2.01. The van der Waals surface area contributed by atoms with Gasteiger partial charge >= 0.3 is 6.03 Å². The van der Waals surface area contributed by atoms with Crippen molar-refractivity contribution in [2.75, 3.05) is 57.7 Å². The first-order valence-electron chi connectivity index (χ1n) is 10.6. The molecule has 2 fully saturated rings. The summed E-state index contributed by atoms with van der Waals surface area (Å²) in [6.07, 6.45) is 5.01. The third-order valence-corrected chi connectivity index (χ3v) is 5.74. The molecule has 0 unspecified atom stereocenters. The number of anilines is 1. The van der Waals surface area contributed by atoms with Crippen molar-refractivity contribution in [3.8, 4) is 0 Å². The second-order valence-electron chi connectivity index (χ2n) is 7.78. The number of benzene rings is 1. The van der Waals surface area contributed by atoms with E-state index in [0.29, 0.717) is 30.3 Å². The van der Waals surface area contributed by atoms with Gasteiger partial charge in [0.15, 0.2) is 0 Å². The lowest BCUT2D eigenvalue weighted by atomic mass is 10.2. The monoisotopic (exact) mass is 435 g/mol. The Morgan fingerprint density at radius 3 is 2.33 bits per heavy atom. The normalized spacial score (nSPS) is 18.1. The number of amides is 4. The summed E-state index contributed by atoms with van der Waals surface area (Å²) in [7, 11) is 0. The molecule has 0 atom stereocenters. The van der Waals surface area contributed by atoms with E-state index in [0.717, 1.165) is 19.6 Å². The van der Waals surface area contributed by atoms with Crippen LogP contribution in [0.5, 0.6) is 0 Å². The van der Waals surface area contributed by atoms with Crippen molar-refractivity contribution in [2.24, 2.45) is 0 Å². The maximum atomic E-state index is 12.4. The summed E-state index contributed by atoms with van der Waals surface area (Å²) in [5.74, 6) is -0.382. The predicted molar refractivity (Wildman–Crippen MR) is 117 cm³/mol.